The Balaban J connectivity index is 1.79. The van der Waals surface area contributed by atoms with Gasteiger partial charge in [-0.05, 0) is 55.5 Å². The van der Waals surface area contributed by atoms with Crippen LogP contribution in [0.1, 0.15) is 23.7 Å². The Morgan fingerprint density at radius 2 is 1.70 bits per heavy atom. The number of carbonyl (C=O) groups excluding carboxylic acids is 3. The molecule has 9 nitrogen and oxygen atoms in total. The highest BCUT2D eigenvalue weighted by molar-refractivity contribution is 7.80. The highest BCUT2D eigenvalue weighted by atomic mass is 32.1. The number of halogens is 1. The van der Waals surface area contributed by atoms with Gasteiger partial charge in [0.2, 0.25) is 5.91 Å². The summed E-state index contributed by atoms with van der Waals surface area (Å²) in [5.74, 6) is -1.10. The summed E-state index contributed by atoms with van der Waals surface area (Å²) >= 11 is 5.37. The first-order valence-electron chi connectivity index (χ1n) is 10.0. The lowest BCUT2D eigenvalue weighted by atomic mass is 10.1. The molecule has 2 aromatic carbocycles. The smallest absolute Gasteiger partial charge is 0.270 e. The molecule has 3 amide bonds. The zero-order valence-corrected chi connectivity index (χ0v) is 19.1. The van der Waals surface area contributed by atoms with Crippen LogP contribution in [0.25, 0.3) is 0 Å². The van der Waals surface area contributed by atoms with E-state index in [0.717, 1.165) is 0 Å². The lowest BCUT2D eigenvalue weighted by Crippen LogP contribution is -2.49. The van der Waals surface area contributed by atoms with Crippen LogP contribution in [0.5, 0.6) is 11.5 Å². The lowest BCUT2D eigenvalue weighted by Gasteiger charge is -2.24. The minimum Gasteiger partial charge on any atom is -0.497 e. The standard InChI is InChI=1S/C22H23FN4O5S/c1-4-26-21(30)18(12-19(28)24-15-7-5-14(23)6-8-15)27(22(26)33)25-20(29)13-9-16(31-2)11-17(10-13)32-3/h5-11,18H,4,12H2,1-3H3,(H,24,28)(H,25,29)/t18-/m0/s1. The predicted molar refractivity (Wildman–Crippen MR) is 122 cm³/mol. The fourth-order valence-electron chi connectivity index (χ4n) is 3.28. The summed E-state index contributed by atoms with van der Waals surface area (Å²) in [6.45, 7) is 2.01. The van der Waals surface area contributed by atoms with E-state index in [9.17, 15) is 18.8 Å². The van der Waals surface area contributed by atoms with E-state index in [1.165, 1.54) is 60.5 Å². The van der Waals surface area contributed by atoms with Gasteiger partial charge in [-0.3, -0.25) is 24.7 Å². The summed E-state index contributed by atoms with van der Waals surface area (Å²) in [5.41, 5.74) is 3.21. The maximum Gasteiger partial charge on any atom is 0.270 e. The molecule has 1 aliphatic rings. The third kappa shape index (κ3) is 5.37. The molecule has 33 heavy (non-hydrogen) atoms. The van der Waals surface area contributed by atoms with Gasteiger partial charge in [0.1, 0.15) is 23.4 Å². The van der Waals surface area contributed by atoms with Gasteiger partial charge >= 0.3 is 0 Å². The summed E-state index contributed by atoms with van der Waals surface area (Å²) in [4.78, 5) is 39.7. The van der Waals surface area contributed by atoms with Crippen molar-refractivity contribution < 1.29 is 28.2 Å². The Morgan fingerprint density at radius 1 is 1.09 bits per heavy atom. The molecule has 0 radical (unpaired) electrons. The van der Waals surface area contributed by atoms with Crippen LogP contribution in [-0.4, -0.2) is 59.5 Å². The number of thiocarbonyl (C=S) groups is 1. The number of amides is 3. The number of ether oxygens (including phenoxy) is 2. The van der Waals surface area contributed by atoms with Crippen molar-refractivity contribution in [1.29, 1.82) is 0 Å². The number of hydrazine groups is 1. The molecule has 0 saturated carbocycles. The number of nitrogens with one attached hydrogen (secondary N) is 2. The first kappa shape index (κ1) is 23.9. The van der Waals surface area contributed by atoms with Crippen LogP contribution in [-0.2, 0) is 9.59 Å². The molecular formula is C22H23FN4O5S. The van der Waals surface area contributed by atoms with E-state index < -0.39 is 29.6 Å². The van der Waals surface area contributed by atoms with Crippen molar-refractivity contribution in [2.75, 3.05) is 26.1 Å². The number of hydrogen-bond donors (Lipinski definition) is 2. The second-order valence-electron chi connectivity index (χ2n) is 7.05. The second-order valence-corrected chi connectivity index (χ2v) is 7.42. The molecule has 0 bridgehead atoms. The molecule has 3 rings (SSSR count). The van der Waals surface area contributed by atoms with E-state index in [2.05, 4.69) is 10.7 Å². The first-order valence-corrected chi connectivity index (χ1v) is 10.4. The summed E-state index contributed by atoms with van der Waals surface area (Å²) in [6, 6.07) is 8.80. The average molecular weight is 475 g/mol. The molecular weight excluding hydrogens is 451 g/mol. The molecule has 0 spiro atoms. The van der Waals surface area contributed by atoms with Gasteiger partial charge in [-0.15, -0.1) is 0 Å². The van der Waals surface area contributed by atoms with E-state index in [1.54, 1.807) is 13.0 Å². The number of methoxy groups -OCH3 is 2. The zero-order valence-electron chi connectivity index (χ0n) is 18.3. The number of hydrogen-bond acceptors (Lipinski definition) is 6. The SMILES string of the molecule is CCN1C(=O)[C@H](CC(=O)Nc2ccc(F)cc2)N(NC(=O)c2cc(OC)cc(OC)c2)C1=S. The Morgan fingerprint density at radius 3 is 2.24 bits per heavy atom. The maximum absolute atomic E-state index is 13.1. The summed E-state index contributed by atoms with van der Waals surface area (Å²) in [6.07, 6.45) is -0.283. The van der Waals surface area contributed by atoms with E-state index in [-0.39, 0.29) is 23.6 Å². The molecule has 2 N–H and O–H groups in total. The molecule has 174 valence electrons. The van der Waals surface area contributed by atoms with Crippen LogP contribution >= 0.6 is 12.2 Å². The van der Waals surface area contributed by atoms with Gasteiger partial charge in [0.15, 0.2) is 5.11 Å². The number of likely N-dealkylation sites (N-methyl/N-ethyl adjacent to an activating group) is 1. The maximum atomic E-state index is 13.1. The highest BCUT2D eigenvalue weighted by Gasteiger charge is 2.44. The molecule has 0 aromatic heterocycles. The molecule has 0 unspecified atom stereocenters. The number of benzene rings is 2. The number of rotatable bonds is 8. The van der Waals surface area contributed by atoms with Crippen molar-refractivity contribution in [1.82, 2.24) is 15.3 Å². The fourth-order valence-corrected chi connectivity index (χ4v) is 3.67. The number of nitrogens with zero attached hydrogens (tertiary/aromatic N) is 2. The molecule has 0 aliphatic carbocycles. The quantitative estimate of drug-likeness (QED) is 0.567. The van der Waals surface area contributed by atoms with Crippen molar-refractivity contribution in [3.63, 3.8) is 0 Å². The van der Waals surface area contributed by atoms with Crippen LogP contribution in [0.3, 0.4) is 0 Å². The van der Waals surface area contributed by atoms with E-state index in [0.29, 0.717) is 17.2 Å². The van der Waals surface area contributed by atoms with Crippen molar-refractivity contribution in [3.05, 3.63) is 53.8 Å². The van der Waals surface area contributed by atoms with Crippen LogP contribution < -0.4 is 20.2 Å². The highest BCUT2D eigenvalue weighted by Crippen LogP contribution is 2.24. The summed E-state index contributed by atoms with van der Waals surface area (Å²) in [7, 11) is 2.92. The predicted octanol–water partition coefficient (Wildman–Crippen LogP) is 2.33. The molecule has 11 heteroatoms. The van der Waals surface area contributed by atoms with Gasteiger partial charge in [-0.2, -0.15) is 0 Å². The van der Waals surface area contributed by atoms with Gasteiger partial charge in [0.05, 0.1) is 20.6 Å². The van der Waals surface area contributed by atoms with E-state index in [1.807, 2.05) is 0 Å². The van der Waals surface area contributed by atoms with Crippen molar-refractivity contribution >= 4 is 40.7 Å². The van der Waals surface area contributed by atoms with Crippen molar-refractivity contribution in [2.45, 2.75) is 19.4 Å². The van der Waals surface area contributed by atoms with Gasteiger partial charge in [0.25, 0.3) is 11.8 Å². The molecule has 1 fully saturated rings. The fraction of sp³-hybridized carbons (Fsp3) is 0.273. The summed E-state index contributed by atoms with van der Waals surface area (Å²) < 4.78 is 23.5. The number of carbonyl (C=O) groups is 3. The van der Waals surface area contributed by atoms with Crippen LogP contribution in [0.15, 0.2) is 42.5 Å². The third-order valence-electron chi connectivity index (χ3n) is 4.96. The molecule has 1 aliphatic heterocycles. The van der Waals surface area contributed by atoms with Gasteiger partial charge in [-0.1, -0.05) is 0 Å². The minimum absolute atomic E-state index is 0.0743. The van der Waals surface area contributed by atoms with E-state index >= 15 is 0 Å². The first-order chi connectivity index (χ1) is 15.8. The largest absolute Gasteiger partial charge is 0.497 e. The third-order valence-corrected chi connectivity index (χ3v) is 5.38. The summed E-state index contributed by atoms with van der Waals surface area (Å²) in [5, 5.41) is 3.89. The molecule has 1 atom stereocenters. The number of anilines is 1. The average Bonchev–Trinajstić information content (AvgIpc) is 3.03. The van der Waals surface area contributed by atoms with Crippen molar-refractivity contribution in [3.8, 4) is 11.5 Å². The monoisotopic (exact) mass is 474 g/mol. The van der Waals surface area contributed by atoms with Crippen LogP contribution in [0, 0.1) is 5.82 Å². The Labute approximate surface area is 195 Å². The Kier molecular flexibility index (Phi) is 7.44. The topological polar surface area (TPSA) is 100 Å². The molecule has 1 saturated heterocycles. The minimum atomic E-state index is -1.05. The Hall–Kier alpha value is -3.73. The lowest BCUT2D eigenvalue weighted by molar-refractivity contribution is -0.130. The normalized spacial score (nSPS) is 15.5. The second kappa shape index (κ2) is 10.3. The van der Waals surface area contributed by atoms with Crippen LogP contribution in [0.2, 0.25) is 0 Å². The van der Waals surface area contributed by atoms with Crippen molar-refractivity contribution in [2.24, 2.45) is 0 Å². The molecule has 2 aromatic rings. The van der Waals surface area contributed by atoms with Crippen LogP contribution in [0.4, 0.5) is 10.1 Å². The Bertz CT molecular complexity index is 1060. The van der Waals surface area contributed by atoms with Gasteiger partial charge in [0, 0.05) is 23.9 Å². The molecule has 1 heterocycles. The zero-order chi connectivity index (χ0) is 24.1. The van der Waals surface area contributed by atoms with Gasteiger partial charge in [-0.25, -0.2) is 9.40 Å². The van der Waals surface area contributed by atoms with E-state index in [4.69, 9.17) is 21.7 Å². The van der Waals surface area contributed by atoms with Gasteiger partial charge < -0.3 is 14.8 Å².